The smallest absolute Gasteiger partial charge is 0.164 e. The first-order valence-corrected chi connectivity index (χ1v) is 23.3. The molecule has 7 heteroatoms. The molecule has 322 valence electrons. The van der Waals surface area contributed by atoms with Crippen molar-refractivity contribution in [3.63, 3.8) is 0 Å². The average Bonchev–Trinajstić information content (AvgIpc) is 3.82. The summed E-state index contributed by atoms with van der Waals surface area (Å²) in [7, 11) is 0. The van der Waals surface area contributed by atoms with Crippen LogP contribution in [-0.2, 0) is 0 Å². The van der Waals surface area contributed by atoms with Crippen molar-refractivity contribution < 1.29 is 4.42 Å². The Hall–Kier alpha value is -9.20. The van der Waals surface area contributed by atoms with Gasteiger partial charge in [-0.25, -0.2) is 29.9 Å². The number of rotatable bonds is 7. The fourth-order valence-electron chi connectivity index (χ4n) is 10.6. The third kappa shape index (κ3) is 6.50. The van der Waals surface area contributed by atoms with E-state index in [1.165, 1.54) is 33.4 Å². The molecule has 0 saturated carbocycles. The van der Waals surface area contributed by atoms with Gasteiger partial charge < -0.3 is 4.42 Å². The highest BCUT2D eigenvalue weighted by Crippen LogP contribution is 2.56. The number of para-hydroxylation sites is 2. The highest BCUT2D eigenvalue weighted by atomic mass is 16.3. The van der Waals surface area contributed by atoms with Gasteiger partial charge in [-0.15, -0.1) is 0 Å². The minimum atomic E-state index is 0.0101. The van der Waals surface area contributed by atoms with Crippen LogP contribution in [0.2, 0.25) is 0 Å². The van der Waals surface area contributed by atoms with E-state index in [9.17, 15) is 0 Å². The van der Waals surface area contributed by atoms with Crippen LogP contribution in [0.1, 0.15) is 45.2 Å². The lowest BCUT2D eigenvalue weighted by Gasteiger charge is -2.42. The number of aromatic nitrogens is 6. The van der Waals surface area contributed by atoms with E-state index in [-0.39, 0.29) is 11.8 Å². The van der Waals surface area contributed by atoms with E-state index in [1.807, 2.05) is 91.0 Å². The van der Waals surface area contributed by atoms with Gasteiger partial charge in [-0.05, 0) is 63.2 Å². The number of fused-ring (bicyclic) bond motifs is 3. The molecule has 15 rings (SSSR count). The van der Waals surface area contributed by atoms with Crippen molar-refractivity contribution in [2.24, 2.45) is 0 Å². The van der Waals surface area contributed by atoms with Crippen LogP contribution in [0.4, 0.5) is 0 Å². The van der Waals surface area contributed by atoms with Crippen molar-refractivity contribution in [2.75, 3.05) is 0 Å². The van der Waals surface area contributed by atoms with Gasteiger partial charge in [0.25, 0.3) is 0 Å². The molecule has 3 heterocycles. The lowest BCUT2D eigenvalue weighted by atomic mass is 9.61. The molecule has 3 aliphatic carbocycles. The molecule has 0 N–H and O–H groups in total. The molecule has 2 bridgehead atoms. The van der Waals surface area contributed by atoms with E-state index < -0.39 is 0 Å². The van der Waals surface area contributed by atoms with Crippen LogP contribution in [0.25, 0.3) is 101 Å². The summed E-state index contributed by atoms with van der Waals surface area (Å²) in [6, 6.07) is 75.9. The lowest BCUT2D eigenvalue weighted by Crippen LogP contribution is -2.27. The maximum absolute atomic E-state index is 6.46. The first-order valence-electron chi connectivity index (χ1n) is 23.3. The Morgan fingerprint density at radius 2 is 0.638 bits per heavy atom. The van der Waals surface area contributed by atoms with E-state index in [2.05, 4.69) is 127 Å². The molecule has 7 nitrogen and oxygen atoms in total. The van der Waals surface area contributed by atoms with Crippen molar-refractivity contribution in [2.45, 2.75) is 11.8 Å². The van der Waals surface area contributed by atoms with Crippen LogP contribution in [-0.4, -0.2) is 29.9 Å². The zero-order valence-corrected chi connectivity index (χ0v) is 37.0. The molecule has 3 aliphatic rings. The van der Waals surface area contributed by atoms with Crippen molar-refractivity contribution in [3.8, 4) is 79.5 Å². The average molecular weight is 883 g/mol. The van der Waals surface area contributed by atoms with Crippen LogP contribution in [0.5, 0.6) is 0 Å². The zero-order chi connectivity index (χ0) is 45.4. The van der Waals surface area contributed by atoms with Crippen molar-refractivity contribution in [1.29, 1.82) is 0 Å². The Balaban J connectivity index is 0.883. The van der Waals surface area contributed by atoms with Gasteiger partial charge in [0, 0.05) is 61.6 Å². The van der Waals surface area contributed by atoms with Crippen LogP contribution in [0, 0.1) is 0 Å². The maximum atomic E-state index is 6.46. The summed E-state index contributed by atoms with van der Waals surface area (Å²) in [6.07, 6.45) is 0. The molecule has 9 aromatic carbocycles. The van der Waals surface area contributed by atoms with Crippen molar-refractivity contribution in [1.82, 2.24) is 29.9 Å². The SMILES string of the molecule is c1ccc(-c2nc(-c3ccccc3)nc(-c3ccc4c(c3)C3c5ccccc5C4c4cc(-c5nc(-c6ccccc6)nc(-c6cccc(-c7cccc8c7oc7ccccc78)c6)n5)ccc43)n2)cc1. The molecule has 0 saturated heterocycles. The standard InChI is InChI=1S/C62H38N6O/c1-4-16-37(17-5-1)57-63-58(38-18-6-2-7-19-38)66-61(65-57)42-30-32-48-51(35-42)54-46-25-10-11-26-47(46)55(48)52-36-43(31-33-49(52)54)62-67-59(39-20-8-3-9-21-39)64-60(68-62)41-23-14-22-40(34-41)44-27-15-28-50-45-24-12-13-29-53(45)69-56(44)50/h1-36,54-55H. The first kappa shape index (κ1) is 39.0. The third-order valence-corrected chi connectivity index (χ3v) is 13.8. The Morgan fingerprint density at radius 3 is 1.16 bits per heavy atom. The van der Waals surface area contributed by atoms with E-state index >= 15 is 0 Å². The zero-order valence-electron chi connectivity index (χ0n) is 37.0. The van der Waals surface area contributed by atoms with Crippen LogP contribution in [0.3, 0.4) is 0 Å². The minimum absolute atomic E-state index is 0.0101. The predicted octanol–water partition coefficient (Wildman–Crippen LogP) is 14.6. The molecule has 0 spiro atoms. The second-order valence-corrected chi connectivity index (χ2v) is 17.8. The summed E-state index contributed by atoms with van der Waals surface area (Å²) in [5.74, 6) is 3.80. The Kier molecular flexibility index (Phi) is 8.89. The summed E-state index contributed by atoms with van der Waals surface area (Å²) < 4.78 is 6.46. The van der Waals surface area contributed by atoms with Crippen molar-refractivity contribution >= 4 is 21.9 Å². The normalized spacial score (nSPS) is 14.4. The van der Waals surface area contributed by atoms with Gasteiger partial charge in [-0.2, -0.15) is 0 Å². The monoisotopic (exact) mass is 882 g/mol. The Bertz CT molecular complexity index is 3920. The molecule has 0 aliphatic heterocycles. The number of hydrogen-bond donors (Lipinski definition) is 0. The number of benzene rings is 9. The fourth-order valence-corrected chi connectivity index (χ4v) is 10.6. The highest BCUT2D eigenvalue weighted by molar-refractivity contribution is 6.09. The highest BCUT2D eigenvalue weighted by Gasteiger charge is 2.41. The minimum Gasteiger partial charge on any atom is -0.455 e. The second-order valence-electron chi connectivity index (χ2n) is 17.8. The van der Waals surface area contributed by atoms with Gasteiger partial charge in [0.2, 0.25) is 0 Å². The predicted molar refractivity (Wildman–Crippen MR) is 273 cm³/mol. The molecule has 2 unspecified atom stereocenters. The van der Waals surface area contributed by atoms with Gasteiger partial charge in [-0.1, -0.05) is 194 Å². The van der Waals surface area contributed by atoms with Gasteiger partial charge in [-0.3, -0.25) is 0 Å². The summed E-state index contributed by atoms with van der Waals surface area (Å²) in [4.78, 5) is 30.7. The number of hydrogen-bond acceptors (Lipinski definition) is 7. The number of furan rings is 1. The van der Waals surface area contributed by atoms with Crippen LogP contribution >= 0.6 is 0 Å². The summed E-state index contributed by atoms with van der Waals surface area (Å²) in [5, 5.41) is 2.19. The quantitative estimate of drug-likeness (QED) is 0.157. The molecule has 12 aromatic rings. The molecular formula is C62H38N6O. The molecule has 3 aromatic heterocycles. The lowest BCUT2D eigenvalue weighted by molar-refractivity contribution is 0.670. The first-order chi connectivity index (χ1) is 34.2. The molecule has 2 atom stereocenters. The van der Waals surface area contributed by atoms with E-state index in [1.54, 1.807) is 0 Å². The van der Waals surface area contributed by atoms with E-state index in [0.29, 0.717) is 34.9 Å². The third-order valence-electron chi connectivity index (χ3n) is 13.8. The van der Waals surface area contributed by atoms with Crippen LogP contribution in [0.15, 0.2) is 223 Å². The topological polar surface area (TPSA) is 90.5 Å². The Labute approximate surface area is 397 Å². The van der Waals surface area contributed by atoms with Gasteiger partial charge >= 0.3 is 0 Å². The maximum Gasteiger partial charge on any atom is 0.164 e. The largest absolute Gasteiger partial charge is 0.455 e. The molecule has 69 heavy (non-hydrogen) atoms. The second kappa shape index (κ2) is 15.7. The molecule has 0 fully saturated rings. The summed E-state index contributed by atoms with van der Waals surface area (Å²) in [6.45, 7) is 0. The summed E-state index contributed by atoms with van der Waals surface area (Å²) in [5.41, 5.74) is 17.1. The molecular weight excluding hydrogens is 845 g/mol. The number of nitrogens with zero attached hydrogens (tertiary/aromatic N) is 6. The molecule has 0 amide bonds. The Morgan fingerprint density at radius 1 is 0.261 bits per heavy atom. The van der Waals surface area contributed by atoms with Crippen LogP contribution < -0.4 is 0 Å². The fraction of sp³-hybridized carbons (Fsp3) is 0.0323. The van der Waals surface area contributed by atoms with Crippen molar-refractivity contribution in [3.05, 3.63) is 252 Å². The van der Waals surface area contributed by atoms with Gasteiger partial charge in [0.15, 0.2) is 34.9 Å². The summed E-state index contributed by atoms with van der Waals surface area (Å²) >= 11 is 0. The van der Waals surface area contributed by atoms with E-state index in [0.717, 1.165) is 66.4 Å². The van der Waals surface area contributed by atoms with E-state index in [4.69, 9.17) is 34.3 Å². The van der Waals surface area contributed by atoms with Gasteiger partial charge in [0.1, 0.15) is 11.2 Å². The van der Waals surface area contributed by atoms with Gasteiger partial charge in [0.05, 0.1) is 0 Å². The molecule has 0 radical (unpaired) electrons.